The van der Waals surface area contributed by atoms with Crippen LogP contribution in [0.2, 0.25) is 0 Å². The number of carbonyl (C=O) groups excluding carboxylic acids is 1. The molecule has 3 rings (SSSR count). The number of nitriles is 1. The summed E-state index contributed by atoms with van der Waals surface area (Å²) in [5, 5.41) is 15.2. The molecule has 0 atom stereocenters. The van der Waals surface area contributed by atoms with E-state index in [1.54, 1.807) is 36.4 Å². The fourth-order valence-corrected chi connectivity index (χ4v) is 2.41. The van der Waals surface area contributed by atoms with Crippen molar-refractivity contribution in [1.29, 1.82) is 5.26 Å². The highest BCUT2D eigenvalue weighted by Gasteiger charge is 2.05. The molecule has 26 heavy (non-hydrogen) atoms. The van der Waals surface area contributed by atoms with Crippen LogP contribution in [0, 0.1) is 18.3 Å². The Morgan fingerprint density at radius 1 is 1.00 bits per heavy atom. The van der Waals surface area contributed by atoms with Gasteiger partial charge in [-0.05, 0) is 50.2 Å². The molecule has 0 radical (unpaired) electrons. The number of nitrogens with zero attached hydrogens (tertiary/aromatic N) is 3. The molecule has 0 aliphatic carbocycles. The molecule has 128 valence electrons. The Hall–Kier alpha value is -3.72. The Kier molecular flexibility index (Phi) is 4.90. The average molecular weight is 343 g/mol. The van der Waals surface area contributed by atoms with Crippen LogP contribution in [0.15, 0.2) is 54.6 Å². The summed E-state index contributed by atoms with van der Waals surface area (Å²) in [6.45, 7) is 3.41. The zero-order valence-electron chi connectivity index (χ0n) is 14.4. The number of aryl methyl sites for hydroxylation is 1. The normalized spacial score (nSPS) is 10.0. The van der Waals surface area contributed by atoms with Crippen molar-refractivity contribution < 1.29 is 4.79 Å². The molecular formula is C20H17N5O. The summed E-state index contributed by atoms with van der Waals surface area (Å²) in [5.41, 5.74) is 3.59. The van der Waals surface area contributed by atoms with Crippen molar-refractivity contribution in [3.63, 3.8) is 0 Å². The first-order valence-corrected chi connectivity index (χ1v) is 8.04. The lowest BCUT2D eigenvalue weighted by atomic mass is 10.1. The zero-order valence-corrected chi connectivity index (χ0v) is 14.4. The van der Waals surface area contributed by atoms with Gasteiger partial charge in [-0.1, -0.05) is 12.1 Å². The van der Waals surface area contributed by atoms with Gasteiger partial charge in [0.15, 0.2) is 5.78 Å². The van der Waals surface area contributed by atoms with Gasteiger partial charge < -0.3 is 10.6 Å². The summed E-state index contributed by atoms with van der Waals surface area (Å²) in [6.07, 6.45) is 0. The third-order valence-corrected chi connectivity index (χ3v) is 3.67. The van der Waals surface area contributed by atoms with Gasteiger partial charge in [-0.2, -0.15) is 10.2 Å². The van der Waals surface area contributed by atoms with Crippen LogP contribution in [-0.2, 0) is 0 Å². The molecule has 0 saturated carbocycles. The van der Waals surface area contributed by atoms with Gasteiger partial charge in [0.25, 0.3) is 0 Å². The minimum atomic E-state index is 0.00990. The average Bonchev–Trinajstić information content (AvgIpc) is 2.62. The molecule has 0 unspecified atom stereocenters. The molecule has 3 aromatic rings. The monoisotopic (exact) mass is 343 g/mol. The summed E-state index contributed by atoms with van der Waals surface area (Å²) in [6, 6.07) is 18.2. The van der Waals surface area contributed by atoms with E-state index in [4.69, 9.17) is 5.26 Å². The lowest BCUT2D eigenvalue weighted by molar-refractivity contribution is 0.101. The molecular weight excluding hydrogens is 326 g/mol. The van der Waals surface area contributed by atoms with Crippen molar-refractivity contribution >= 4 is 28.9 Å². The largest absolute Gasteiger partial charge is 0.340 e. The van der Waals surface area contributed by atoms with Crippen LogP contribution in [0.4, 0.5) is 23.1 Å². The number of hydrogen-bond donors (Lipinski definition) is 2. The maximum absolute atomic E-state index is 11.5. The first-order valence-electron chi connectivity index (χ1n) is 8.04. The number of anilines is 4. The van der Waals surface area contributed by atoms with Gasteiger partial charge in [0.05, 0.1) is 11.6 Å². The van der Waals surface area contributed by atoms with Crippen LogP contribution in [0.1, 0.15) is 28.5 Å². The van der Waals surface area contributed by atoms with Crippen LogP contribution in [0.5, 0.6) is 0 Å². The van der Waals surface area contributed by atoms with E-state index in [1.165, 1.54) is 6.92 Å². The van der Waals surface area contributed by atoms with Gasteiger partial charge in [0.2, 0.25) is 5.95 Å². The van der Waals surface area contributed by atoms with Gasteiger partial charge in [-0.3, -0.25) is 4.79 Å². The lowest BCUT2D eigenvalue weighted by Gasteiger charge is -2.10. The maximum Gasteiger partial charge on any atom is 0.229 e. The number of benzene rings is 2. The van der Waals surface area contributed by atoms with Crippen LogP contribution in [-0.4, -0.2) is 15.8 Å². The Labute approximate surface area is 151 Å². The minimum Gasteiger partial charge on any atom is -0.340 e. The quantitative estimate of drug-likeness (QED) is 0.669. The summed E-state index contributed by atoms with van der Waals surface area (Å²) >= 11 is 0. The Morgan fingerprint density at radius 2 is 1.77 bits per heavy atom. The van der Waals surface area contributed by atoms with E-state index in [9.17, 15) is 4.79 Å². The number of nitrogens with one attached hydrogen (secondary N) is 2. The molecule has 1 heterocycles. The highest BCUT2D eigenvalue weighted by atomic mass is 16.1. The number of rotatable bonds is 5. The van der Waals surface area contributed by atoms with E-state index in [2.05, 4.69) is 26.7 Å². The van der Waals surface area contributed by atoms with Gasteiger partial charge >= 0.3 is 0 Å². The SMILES string of the molecule is CC(=O)c1cccc(Nc2cc(C)nc(Nc3ccc(C#N)cc3)n2)c1. The topological polar surface area (TPSA) is 90.7 Å². The number of ketones is 1. The van der Waals surface area contributed by atoms with E-state index in [0.29, 0.717) is 22.9 Å². The van der Waals surface area contributed by atoms with Gasteiger partial charge in [0, 0.05) is 28.7 Å². The van der Waals surface area contributed by atoms with Crippen molar-refractivity contribution in [3.05, 3.63) is 71.4 Å². The van der Waals surface area contributed by atoms with E-state index in [-0.39, 0.29) is 5.78 Å². The molecule has 0 saturated heterocycles. The smallest absolute Gasteiger partial charge is 0.229 e. The molecule has 6 heteroatoms. The summed E-state index contributed by atoms with van der Waals surface area (Å²) < 4.78 is 0. The zero-order chi connectivity index (χ0) is 18.5. The molecule has 0 amide bonds. The van der Waals surface area contributed by atoms with Crippen molar-refractivity contribution in [3.8, 4) is 6.07 Å². The molecule has 0 aliphatic heterocycles. The molecule has 1 aromatic heterocycles. The van der Waals surface area contributed by atoms with Crippen LogP contribution in [0.25, 0.3) is 0 Å². The van der Waals surface area contributed by atoms with Gasteiger partial charge in [0.1, 0.15) is 5.82 Å². The third kappa shape index (κ3) is 4.22. The van der Waals surface area contributed by atoms with Crippen molar-refractivity contribution in [1.82, 2.24) is 9.97 Å². The minimum absolute atomic E-state index is 0.00990. The van der Waals surface area contributed by atoms with Gasteiger partial charge in [-0.25, -0.2) is 4.98 Å². The number of aromatic nitrogens is 2. The van der Waals surface area contributed by atoms with Gasteiger partial charge in [-0.15, -0.1) is 0 Å². The van der Waals surface area contributed by atoms with Crippen LogP contribution >= 0.6 is 0 Å². The number of carbonyl (C=O) groups is 1. The number of Topliss-reactive ketones (excluding diaryl/α,β-unsaturated/α-hetero) is 1. The predicted octanol–water partition coefficient (Wildman–Crippen LogP) is 4.35. The number of hydrogen-bond acceptors (Lipinski definition) is 6. The molecule has 0 aliphatic rings. The first-order chi connectivity index (χ1) is 12.5. The second-order valence-corrected chi connectivity index (χ2v) is 5.79. The predicted molar refractivity (Wildman–Crippen MR) is 101 cm³/mol. The standard InChI is InChI=1S/C20H17N5O/c1-13-10-19(23-18-5-3-4-16(11-18)14(2)26)25-20(22-13)24-17-8-6-15(12-21)7-9-17/h3-11H,1-2H3,(H2,22,23,24,25). The summed E-state index contributed by atoms with van der Waals surface area (Å²) in [7, 11) is 0. The first kappa shape index (κ1) is 17.1. The highest BCUT2D eigenvalue weighted by molar-refractivity contribution is 5.95. The fourth-order valence-electron chi connectivity index (χ4n) is 2.41. The highest BCUT2D eigenvalue weighted by Crippen LogP contribution is 2.20. The molecule has 0 spiro atoms. The fraction of sp³-hybridized carbons (Fsp3) is 0.100. The third-order valence-electron chi connectivity index (χ3n) is 3.67. The van der Waals surface area contributed by atoms with E-state index >= 15 is 0 Å². The van der Waals surface area contributed by atoms with Crippen molar-refractivity contribution in [2.75, 3.05) is 10.6 Å². The second kappa shape index (κ2) is 7.45. The molecule has 6 nitrogen and oxygen atoms in total. The van der Waals surface area contributed by atoms with E-state index in [0.717, 1.165) is 17.1 Å². The summed E-state index contributed by atoms with van der Waals surface area (Å²) in [4.78, 5) is 20.4. The maximum atomic E-state index is 11.5. The van der Waals surface area contributed by atoms with Crippen LogP contribution in [0.3, 0.4) is 0 Å². The van der Waals surface area contributed by atoms with Crippen molar-refractivity contribution in [2.24, 2.45) is 0 Å². The van der Waals surface area contributed by atoms with Crippen LogP contribution < -0.4 is 10.6 Å². The molecule has 0 bridgehead atoms. The summed E-state index contributed by atoms with van der Waals surface area (Å²) in [5.74, 6) is 1.07. The Morgan fingerprint density at radius 3 is 2.46 bits per heavy atom. The lowest BCUT2D eigenvalue weighted by Crippen LogP contribution is -2.03. The van der Waals surface area contributed by atoms with E-state index in [1.807, 2.05) is 25.1 Å². The Balaban J connectivity index is 1.82. The Bertz CT molecular complexity index is 990. The molecule has 2 N–H and O–H groups in total. The van der Waals surface area contributed by atoms with Crippen molar-refractivity contribution in [2.45, 2.75) is 13.8 Å². The van der Waals surface area contributed by atoms with E-state index < -0.39 is 0 Å². The molecule has 2 aromatic carbocycles. The second-order valence-electron chi connectivity index (χ2n) is 5.79. The molecule has 0 fully saturated rings.